The van der Waals surface area contributed by atoms with Gasteiger partial charge in [-0.15, -0.1) is 0 Å². The van der Waals surface area contributed by atoms with Crippen LogP contribution in [0.5, 0.6) is 0 Å². The number of hydrogen-bond donors (Lipinski definition) is 1. The van der Waals surface area contributed by atoms with Gasteiger partial charge in [0, 0.05) is 30.8 Å². The lowest BCUT2D eigenvalue weighted by Gasteiger charge is -2.33. The Morgan fingerprint density at radius 1 is 1.30 bits per heavy atom. The van der Waals surface area contributed by atoms with Crippen LogP contribution >= 0.6 is 0 Å². The Kier molecular flexibility index (Phi) is 5.38. The number of amides is 3. The number of rotatable bonds is 1. The van der Waals surface area contributed by atoms with Crippen LogP contribution in [-0.2, 0) is 30.5 Å². The molecule has 4 rings (SSSR count). The highest BCUT2D eigenvalue weighted by molar-refractivity contribution is 5.94. The smallest absolute Gasteiger partial charge is 0.317 e. The number of halogens is 4. The molecule has 0 saturated carbocycles. The maximum absolute atomic E-state index is 13.6. The van der Waals surface area contributed by atoms with Crippen LogP contribution in [0.3, 0.4) is 0 Å². The quantitative estimate of drug-likeness (QED) is 0.645. The number of hydroxylamine groups is 2. The molecule has 1 aromatic heterocycles. The lowest BCUT2D eigenvalue weighted by molar-refractivity contribution is -0.190. The third-order valence-electron chi connectivity index (χ3n) is 5.67. The van der Waals surface area contributed by atoms with Crippen molar-refractivity contribution in [3.8, 4) is 0 Å². The van der Waals surface area contributed by atoms with Crippen LogP contribution in [0.2, 0.25) is 0 Å². The Labute approximate surface area is 187 Å². The van der Waals surface area contributed by atoms with Gasteiger partial charge in [-0.2, -0.15) is 18.3 Å². The molecule has 2 aromatic rings. The predicted molar refractivity (Wildman–Crippen MR) is 109 cm³/mol. The van der Waals surface area contributed by atoms with E-state index in [1.807, 2.05) is 13.8 Å². The number of nitrogens with zero attached hydrogens (tertiary/aromatic N) is 4. The lowest BCUT2D eigenvalue weighted by Crippen LogP contribution is -2.45. The van der Waals surface area contributed by atoms with Gasteiger partial charge < -0.3 is 10.2 Å². The van der Waals surface area contributed by atoms with Gasteiger partial charge in [0.15, 0.2) is 0 Å². The van der Waals surface area contributed by atoms with Gasteiger partial charge in [0.1, 0.15) is 17.1 Å². The van der Waals surface area contributed by atoms with Crippen LogP contribution in [0.1, 0.15) is 48.1 Å². The van der Waals surface area contributed by atoms with Crippen molar-refractivity contribution in [2.75, 3.05) is 12.4 Å². The number of hydrogen-bond acceptors (Lipinski definition) is 4. The summed E-state index contributed by atoms with van der Waals surface area (Å²) in [5, 5.41) is 8.12. The summed E-state index contributed by atoms with van der Waals surface area (Å²) in [4.78, 5) is 33.0. The number of aromatic nitrogens is 2. The van der Waals surface area contributed by atoms with Gasteiger partial charge in [-0.25, -0.2) is 14.2 Å². The van der Waals surface area contributed by atoms with Gasteiger partial charge in [-0.1, -0.05) is 0 Å². The van der Waals surface area contributed by atoms with Crippen molar-refractivity contribution in [1.29, 1.82) is 0 Å². The molecule has 0 unspecified atom stereocenters. The van der Waals surface area contributed by atoms with E-state index in [1.165, 1.54) is 11.9 Å². The molecular formula is C21H23F4N5O3. The van der Waals surface area contributed by atoms with Crippen LogP contribution in [0.4, 0.5) is 28.0 Å². The molecule has 1 atom stereocenters. The maximum atomic E-state index is 13.6. The first-order chi connectivity index (χ1) is 15.3. The Morgan fingerprint density at radius 2 is 2.00 bits per heavy atom. The van der Waals surface area contributed by atoms with E-state index in [0.29, 0.717) is 42.0 Å². The minimum Gasteiger partial charge on any atom is -0.317 e. The van der Waals surface area contributed by atoms with Crippen LogP contribution < -0.4 is 5.32 Å². The van der Waals surface area contributed by atoms with E-state index in [9.17, 15) is 27.2 Å². The molecule has 0 saturated heterocycles. The molecule has 0 radical (unpaired) electrons. The molecule has 2 aliphatic heterocycles. The van der Waals surface area contributed by atoms with E-state index in [0.717, 1.165) is 11.1 Å². The van der Waals surface area contributed by atoms with E-state index >= 15 is 0 Å². The first-order valence-corrected chi connectivity index (χ1v) is 10.3. The van der Waals surface area contributed by atoms with Crippen LogP contribution in [0, 0.1) is 5.82 Å². The maximum Gasteiger partial charge on any atom is 0.419 e. The van der Waals surface area contributed by atoms with Gasteiger partial charge in [0.2, 0.25) is 0 Å². The van der Waals surface area contributed by atoms with E-state index in [4.69, 9.17) is 4.84 Å². The summed E-state index contributed by atoms with van der Waals surface area (Å²) in [6.07, 6.45) is -4.53. The monoisotopic (exact) mass is 469 g/mol. The van der Waals surface area contributed by atoms with E-state index in [2.05, 4.69) is 10.4 Å². The number of urea groups is 1. The van der Waals surface area contributed by atoms with Gasteiger partial charge in [0.25, 0.3) is 5.91 Å². The summed E-state index contributed by atoms with van der Waals surface area (Å²) in [6.45, 7) is 5.78. The molecule has 0 spiro atoms. The average Bonchev–Trinajstić information content (AvgIpc) is 2.98. The molecule has 178 valence electrons. The fourth-order valence-corrected chi connectivity index (χ4v) is 4.19. The highest BCUT2D eigenvalue weighted by atomic mass is 19.4. The van der Waals surface area contributed by atoms with Gasteiger partial charge in [-0.05, 0) is 39.0 Å². The van der Waals surface area contributed by atoms with E-state index in [1.54, 1.807) is 11.6 Å². The molecular weight excluding hydrogens is 446 g/mol. The Balaban J connectivity index is 1.62. The first kappa shape index (κ1) is 23.0. The second-order valence-corrected chi connectivity index (χ2v) is 8.89. The summed E-state index contributed by atoms with van der Waals surface area (Å²) in [5.74, 6) is -1.83. The normalized spacial score (nSPS) is 20.2. The topological polar surface area (TPSA) is 79.7 Å². The second-order valence-electron chi connectivity index (χ2n) is 8.89. The van der Waals surface area contributed by atoms with Crippen molar-refractivity contribution in [2.24, 2.45) is 0 Å². The van der Waals surface area contributed by atoms with E-state index < -0.39 is 35.1 Å². The third-order valence-corrected chi connectivity index (χ3v) is 5.67. The molecule has 0 fully saturated rings. The number of fused-ring (bicyclic) bond motifs is 3. The average molecular weight is 469 g/mol. The van der Waals surface area contributed by atoms with Gasteiger partial charge >= 0.3 is 12.2 Å². The standard InChI is InChI=1S/C21H23F4N5O3/c1-11-7-16-13(17-18(31)28(4)33-20(2,3)10-30(17)27-16)9-29(11)19(32)26-12-5-6-15(22)14(8-12)21(23,24)25/h5-6,8,11H,7,9-10H2,1-4H3,(H,26,32)/t11-/m1/s1. The minimum atomic E-state index is -4.89. The van der Waals surface area contributed by atoms with Crippen molar-refractivity contribution in [2.45, 2.75) is 58.1 Å². The highest BCUT2D eigenvalue weighted by Crippen LogP contribution is 2.34. The molecule has 3 amide bonds. The fourth-order valence-electron chi connectivity index (χ4n) is 4.19. The predicted octanol–water partition coefficient (Wildman–Crippen LogP) is 3.82. The minimum absolute atomic E-state index is 0.0327. The number of carbonyl (C=O) groups excluding carboxylic acids is 2. The summed E-state index contributed by atoms with van der Waals surface area (Å²) in [5.41, 5.74) is -0.785. The van der Waals surface area contributed by atoms with Crippen molar-refractivity contribution in [3.05, 3.63) is 46.5 Å². The number of carbonyl (C=O) groups is 2. The second kappa shape index (κ2) is 7.72. The number of anilines is 1. The summed E-state index contributed by atoms with van der Waals surface area (Å²) in [7, 11) is 1.50. The summed E-state index contributed by atoms with van der Waals surface area (Å²) >= 11 is 0. The number of benzene rings is 1. The van der Waals surface area contributed by atoms with Crippen LogP contribution in [0.25, 0.3) is 0 Å². The molecule has 3 heterocycles. The Morgan fingerprint density at radius 3 is 2.67 bits per heavy atom. The Hall–Kier alpha value is -3.15. The zero-order valence-corrected chi connectivity index (χ0v) is 18.5. The molecule has 1 N–H and O–H groups in total. The largest absolute Gasteiger partial charge is 0.419 e. The SMILES string of the molecule is C[C@@H]1Cc2nn3c(c2CN1C(=O)Nc1ccc(F)c(C(F)(F)F)c1)C(=O)N(C)OC(C)(C)C3. The molecule has 0 bridgehead atoms. The molecule has 12 heteroatoms. The zero-order chi connectivity index (χ0) is 24.3. The fraction of sp³-hybridized carbons (Fsp3) is 0.476. The molecule has 0 aliphatic carbocycles. The van der Waals surface area contributed by atoms with Crippen LogP contribution in [-0.4, -0.2) is 50.4 Å². The van der Waals surface area contributed by atoms with Gasteiger partial charge in [-0.3, -0.25) is 14.3 Å². The van der Waals surface area contributed by atoms with Crippen molar-refractivity contribution >= 4 is 17.6 Å². The van der Waals surface area contributed by atoms with Crippen molar-refractivity contribution < 1.29 is 32.0 Å². The molecule has 2 aliphatic rings. The third kappa shape index (κ3) is 4.26. The molecule has 33 heavy (non-hydrogen) atoms. The highest BCUT2D eigenvalue weighted by Gasteiger charge is 2.40. The first-order valence-electron chi connectivity index (χ1n) is 10.3. The van der Waals surface area contributed by atoms with E-state index in [-0.39, 0.29) is 18.3 Å². The molecule has 1 aromatic carbocycles. The summed E-state index contributed by atoms with van der Waals surface area (Å²) in [6, 6.07) is 1.27. The number of alkyl halides is 3. The van der Waals surface area contributed by atoms with Crippen molar-refractivity contribution in [1.82, 2.24) is 19.7 Å². The van der Waals surface area contributed by atoms with Crippen LogP contribution in [0.15, 0.2) is 18.2 Å². The zero-order valence-electron chi connectivity index (χ0n) is 18.5. The van der Waals surface area contributed by atoms with Gasteiger partial charge in [0.05, 0.1) is 24.3 Å². The number of nitrogens with one attached hydrogen (secondary N) is 1. The molecule has 8 nitrogen and oxygen atoms in total. The van der Waals surface area contributed by atoms with Crippen molar-refractivity contribution in [3.63, 3.8) is 0 Å². The lowest BCUT2D eigenvalue weighted by atomic mass is 9.99. The Bertz CT molecular complexity index is 1130. The summed E-state index contributed by atoms with van der Waals surface area (Å²) < 4.78 is 54.2.